The van der Waals surface area contributed by atoms with Crippen LogP contribution >= 0.6 is 0 Å². The maximum Gasteiger partial charge on any atom is 0.225 e. The van der Waals surface area contributed by atoms with E-state index in [9.17, 15) is 4.79 Å². The van der Waals surface area contributed by atoms with Crippen molar-refractivity contribution in [3.05, 3.63) is 0 Å². The second kappa shape index (κ2) is 9.75. The molecule has 1 heterocycles. The number of nitrogens with one attached hydrogen (secondary N) is 2. The zero-order chi connectivity index (χ0) is 16.5. The van der Waals surface area contributed by atoms with E-state index < -0.39 is 0 Å². The topological polar surface area (TPSA) is 66.0 Å². The van der Waals surface area contributed by atoms with Gasteiger partial charge in [0.05, 0.1) is 0 Å². The van der Waals surface area contributed by atoms with Gasteiger partial charge in [0.25, 0.3) is 0 Å². The summed E-state index contributed by atoms with van der Waals surface area (Å²) in [5.41, 5.74) is 0. The van der Waals surface area contributed by atoms with Gasteiger partial charge < -0.3 is 20.3 Å². The van der Waals surface area contributed by atoms with Crippen LogP contribution in [0.4, 0.5) is 0 Å². The Bertz CT molecular complexity index is 394. The van der Waals surface area contributed by atoms with Gasteiger partial charge in [0, 0.05) is 52.4 Å². The Morgan fingerprint density at radius 2 is 2.04 bits per heavy atom. The van der Waals surface area contributed by atoms with Gasteiger partial charge in [-0.05, 0) is 25.7 Å². The zero-order valence-corrected chi connectivity index (χ0v) is 14.6. The van der Waals surface area contributed by atoms with Crippen LogP contribution in [-0.2, 0) is 9.53 Å². The summed E-state index contributed by atoms with van der Waals surface area (Å²) in [7, 11) is 3.50. The summed E-state index contributed by atoms with van der Waals surface area (Å²) in [5.74, 6) is 1.46. The van der Waals surface area contributed by atoms with Crippen LogP contribution in [0.5, 0.6) is 0 Å². The molecule has 132 valence electrons. The monoisotopic (exact) mass is 324 g/mol. The van der Waals surface area contributed by atoms with Crippen LogP contribution < -0.4 is 10.6 Å². The Balaban J connectivity index is 1.72. The van der Waals surface area contributed by atoms with Crippen molar-refractivity contribution in [2.75, 3.05) is 40.4 Å². The van der Waals surface area contributed by atoms with Gasteiger partial charge >= 0.3 is 0 Å². The van der Waals surface area contributed by atoms with Crippen molar-refractivity contribution >= 4 is 11.9 Å². The maximum absolute atomic E-state index is 12.6. The van der Waals surface area contributed by atoms with E-state index in [1.54, 1.807) is 14.2 Å². The largest absolute Gasteiger partial charge is 0.385 e. The smallest absolute Gasteiger partial charge is 0.225 e. The molecule has 6 heteroatoms. The van der Waals surface area contributed by atoms with E-state index in [-0.39, 0.29) is 5.92 Å². The lowest BCUT2D eigenvalue weighted by Crippen LogP contribution is -2.45. The summed E-state index contributed by atoms with van der Waals surface area (Å²) in [6.45, 7) is 3.25. The normalized spacial score (nSPS) is 23.1. The Kier molecular flexibility index (Phi) is 7.65. The molecule has 0 aromatic rings. The fourth-order valence-corrected chi connectivity index (χ4v) is 3.50. The fraction of sp³-hybridized carbons (Fsp3) is 0.882. The van der Waals surface area contributed by atoms with Crippen molar-refractivity contribution in [2.24, 2.45) is 10.9 Å². The van der Waals surface area contributed by atoms with E-state index in [0.717, 1.165) is 57.9 Å². The molecule has 0 bridgehead atoms. The molecule has 2 aliphatic rings. The van der Waals surface area contributed by atoms with Crippen molar-refractivity contribution in [2.45, 2.75) is 51.0 Å². The predicted octanol–water partition coefficient (Wildman–Crippen LogP) is 1.37. The second-order valence-corrected chi connectivity index (χ2v) is 6.59. The summed E-state index contributed by atoms with van der Waals surface area (Å²) >= 11 is 0. The maximum atomic E-state index is 12.6. The SMILES string of the molecule is CN=C(NCCCOC)NC1CCN(C(=O)C2CCCCC2)C1. The number of likely N-dealkylation sites (tertiary alicyclic amines) is 1. The molecule has 0 aromatic carbocycles. The number of carbonyl (C=O) groups is 1. The van der Waals surface area contributed by atoms with Crippen molar-refractivity contribution in [3.8, 4) is 0 Å². The van der Waals surface area contributed by atoms with Gasteiger partial charge in [-0.15, -0.1) is 0 Å². The Morgan fingerprint density at radius 1 is 1.26 bits per heavy atom. The first kappa shape index (κ1) is 18.0. The summed E-state index contributed by atoms with van der Waals surface area (Å²) in [6, 6.07) is 0.302. The quantitative estimate of drug-likeness (QED) is 0.440. The average Bonchev–Trinajstić information content (AvgIpc) is 3.06. The number of amides is 1. The van der Waals surface area contributed by atoms with Crippen LogP contribution in [-0.4, -0.2) is 63.2 Å². The van der Waals surface area contributed by atoms with Crippen molar-refractivity contribution in [1.29, 1.82) is 0 Å². The summed E-state index contributed by atoms with van der Waals surface area (Å²) in [6.07, 6.45) is 7.82. The minimum absolute atomic E-state index is 0.272. The molecule has 1 unspecified atom stereocenters. The molecule has 2 rings (SSSR count). The summed E-state index contributed by atoms with van der Waals surface area (Å²) in [5, 5.41) is 6.73. The summed E-state index contributed by atoms with van der Waals surface area (Å²) in [4.78, 5) is 18.9. The molecule has 0 aromatic heterocycles. The van der Waals surface area contributed by atoms with Gasteiger partial charge in [-0.25, -0.2) is 0 Å². The number of nitrogens with zero attached hydrogens (tertiary/aromatic N) is 2. The number of rotatable bonds is 6. The predicted molar refractivity (Wildman–Crippen MR) is 92.6 cm³/mol. The van der Waals surface area contributed by atoms with E-state index in [0.29, 0.717) is 11.9 Å². The molecule has 1 aliphatic carbocycles. The van der Waals surface area contributed by atoms with Gasteiger partial charge in [0.1, 0.15) is 0 Å². The number of hydrogen-bond donors (Lipinski definition) is 2. The summed E-state index contributed by atoms with van der Waals surface area (Å²) < 4.78 is 5.04. The van der Waals surface area contributed by atoms with Gasteiger partial charge in [0.15, 0.2) is 5.96 Å². The van der Waals surface area contributed by atoms with E-state index in [1.165, 1.54) is 19.3 Å². The number of guanidine groups is 1. The van der Waals surface area contributed by atoms with Crippen LogP contribution in [0.15, 0.2) is 4.99 Å². The molecule has 0 spiro atoms. The Labute approximate surface area is 140 Å². The first-order chi connectivity index (χ1) is 11.2. The van der Waals surface area contributed by atoms with Crippen LogP contribution in [0.3, 0.4) is 0 Å². The van der Waals surface area contributed by atoms with Crippen LogP contribution in [0, 0.1) is 5.92 Å². The molecule has 2 fully saturated rings. The molecular formula is C17H32N4O2. The van der Waals surface area contributed by atoms with E-state index in [4.69, 9.17) is 4.74 Å². The minimum Gasteiger partial charge on any atom is -0.385 e. The van der Waals surface area contributed by atoms with E-state index >= 15 is 0 Å². The number of carbonyl (C=O) groups excluding carboxylic acids is 1. The fourth-order valence-electron chi connectivity index (χ4n) is 3.50. The van der Waals surface area contributed by atoms with Crippen molar-refractivity contribution in [3.63, 3.8) is 0 Å². The highest BCUT2D eigenvalue weighted by Crippen LogP contribution is 2.26. The van der Waals surface area contributed by atoms with Crippen molar-refractivity contribution < 1.29 is 9.53 Å². The molecule has 1 saturated carbocycles. The van der Waals surface area contributed by atoms with Gasteiger partial charge in [0.2, 0.25) is 5.91 Å². The molecule has 1 saturated heterocycles. The molecule has 1 aliphatic heterocycles. The van der Waals surface area contributed by atoms with E-state index in [1.807, 2.05) is 4.90 Å². The average molecular weight is 324 g/mol. The zero-order valence-electron chi connectivity index (χ0n) is 14.6. The number of aliphatic imine (C=N–C) groups is 1. The lowest BCUT2D eigenvalue weighted by atomic mass is 9.88. The minimum atomic E-state index is 0.272. The van der Waals surface area contributed by atoms with Gasteiger partial charge in [-0.1, -0.05) is 19.3 Å². The lowest BCUT2D eigenvalue weighted by molar-refractivity contribution is -0.135. The standard InChI is InChI=1S/C17H32N4O2/c1-18-17(19-10-6-12-23-2)20-15-9-11-21(13-15)16(22)14-7-4-3-5-8-14/h14-15H,3-13H2,1-2H3,(H2,18,19,20). The van der Waals surface area contributed by atoms with Gasteiger partial charge in [-0.2, -0.15) is 0 Å². The molecule has 6 nitrogen and oxygen atoms in total. The molecule has 1 amide bonds. The first-order valence-corrected chi connectivity index (χ1v) is 8.99. The number of methoxy groups -OCH3 is 1. The highest BCUT2D eigenvalue weighted by Gasteiger charge is 2.31. The van der Waals surface area contributed by atoms with Crippen LogP contribution in [0.1, 0.15) is 44.9 Å². The third-order valence-corrected chi connectivity index (χ3v) is 4.84. The Morgan fingerprint density at radius 3 is 2.74 bits per heavy atom. The first-order valence-electron chi connectivity index (χ1n) is 8.99. The third kappa shape index (κ3) is 5.68. The highest BCUT2D eigenvalue weighted by atomic mass is 16.5. The molecule has 1 atom stereocenters. The van der Waals surface area contributed by atoms with Crippen LogP contribution in [0.2, 0.25) is 0 Å². The number of ether oxygens (including phenoxy) is 1. The lowest BCUT2D eigenvalue weighted by Gasteiger charge is -2.26. The molecule has 23 heavy (non-hydrogen) atoms. The van der Waals surface area contributed by atoms with E-state index in [2.05, 4.69) is 15.6 Å². The molecular weight excluding hydrogens is 292 g/mol. The molecule has 2 N–H and O–H groups in total. The Hall–Kier alpha value is -1.30. The van der Waals surface area contributed by atoms with Crippen LogP contribution in [0.25, 0.3) is 0 Å². The number of hydrogen-bond acceptors (Lipinski definition) is 3. The molecule has 0 radical (unpaired) electrons. The highest BCUT2D eigenvalue weighted by molar-refractivity contribution is 5.81. The third-order valence-electron chi connectivity index (χ3n) is 4.84. The van der Waals surface area contributed by atoms with Gasteiger partial charge in [-0.3, -0.25) is 9.79 Å². The second-order valence-electron chi connectivity index (χ2n) is 6.59. The van der Waals surface area contributed by atoms with Crippen molar-refractivity contribution in [1.82, 2.24) is 15.5 Å².